The molecule has 1 saturated heterocycles. The van der Waals surface area contributed by atoms with E-state index in [1.165, 1.54) is 10.5 Å². The molecular formula is C17H20F2N4O3S. The highest BCUT2D eigenvalue weighted by Gasteiger charge is 2.33. The first-order valence-electron chi connectivity index (χ1n) is 8.44. The van der Waals surface area contributed by atoms with Crippen molar-refractivity contribution in [3.8, 4) is 0 Å². The third kappa shape index (κ3) is 4.01. The van der Waals surface area contributed by atoms with Gasteiger partial charge in [0.15, 0.2) is 5.03 Å². The molecule has 146 valence electrons. The predicted octanol–water partition coefficient (Wildman–Crippen LogP) is 2.05. The van der Waals surface area contributed by atoms with Crippen molar-refractivity contribution in [1.82, 2.24) is 13.9 Å². The van der Waals surface area contributed by atoms with Crippen LogP contribution in [0.15, 0.2) is 29.4 Å². The van der Waals surface area contributed by atoms with E-state index in [0.29, 0.717) is 24.7 Å². The highest BCUT2D eigenvalue weighted by molar-refractivity contribution is 7.89. The fourth-order valence-corrected chi connectivity index (χ4v) is 4.46. The summed E-state index contributed by atoms with van der Waals surface area (Å²) in [6.07, 6.45) is 2.07. The van der Waals surface area contributed by atoms with Crippen LogP contribution in [0, 0.1) is 24.5 Å². The van der Waals surface area contributed by atoms with Gasteiger partial charge in [-0.15, -0.1) is 0 Å². The Balaban J connectivity index is 1.63. The molecule has 0 bridgehead atoms. The summed E-state index contributed by atoms with van der Waals surface area (Å²) in [5.41, 5.74) is -0.0968. The number of hydrogen-bond donors (Lipinski definition) is 1. The first kappa shape index (κ1) is 19.4. The molecule has 1 amide bonds. The van der Waals surface area contributed by atoms with Gasteiger partial charge < -0.3 is 9.88 Å². The van der Waals surface area contributed by atoms with Crippen LogP contribution in [0.4, 0.5) is 14.5 Å². The fourth-order valence-electron chi connectivity index (χ4n) is 2.97. The molecule has 2 heterocycles. The summed E-state index contributed by atoms with van der Waals surface area (Å²) >= 11 is 0. The molecular weight excluding hydrogens is 378 g/mol. The number of carbonyl (C=O) groups is 1. The maximum absolute atomic E-state index is 13.7. The minimum Gasteiger partial charge on any atom is -0.337 e. The van der Waals surface area contributed by atoms with Gasteiger partial charge in [-0.3, -0.25) is 4.79 Å². The summed E-state index contributed by atoms with van der Waals surface area (Å²) in [7, 11) is -2.00. The molecule has 3 rings (SSSR count). The number of anilines is 1. The summed E-state index contributed by atoms with van der Waals surface area (Å²) < 4.78 is 54.9. The van der Waals surface area contributed by atoms with Crippen LogP contribution >= 0.6 is 0 Å². The van der Waals surface area contributed by atoms with E-state index >= 15 is 0 Å². The summed E-state index contributed by atoms with van der Waals surface area (Å²) in [4.78, 5) is 16.4. The van der Waals surface area contributed by atoms with Gasteiger partial charge in [-0.1, -0.05) is 0 Å². The Morgan fingerprint density at radius 3 is 2.48 bits per heavy atom. The number of imidazole rings is 1. The second-order valence-electron chi connectivity index (χ2n) is 6.53. The SMILES string of the molecule is Cc1nc(S(=O)(=O)N2CCC(C(=O)Nc3ccc(F)cc3F)CC2)cn1C. The maximum Gasteiger partial charge on any atom is 0.262 e. The molecule has 0 saturated carbocycles. The lowest BCUT2D eigenvalue weighted by Gasteiger charge is -2.29. The van der Waals surface area contributed by atoms with Gasteiger partial charge in [-0.25, -0.2) is 22.2 Å². The zero-order valence-corrected chi connectivity index (χ0v) is 15.8. The van der Waals surface area contributed by atoms with Gasteiger partial charge in [-0.05, 0) is 31.9 Å². The zero-order valence-electron chi connectivity index (χ0n) is 14.9. The van der Waals surface area contributed by atoms with Crippen molar-refractivity contribution in [3.63, 3.8) is 0 Å². The van der Waals surface area contributed by atoms with Crippen molar-refractivity contribution in [3.05, 3.63) is 41.9 Å². The van der Waals surface area contributed by atoms with E-state index in [2.05, 4.69) is 10.3 Å². The molecule has 1 aromatic heterocycles. The van der Waals surface area contributed by atoms with Crippen molar-refractivity contribution in [2.24, 2.45) is 13.0 Å². The molecule has 1 aliphatic heterocycles. The Bertz CT molecular complexity index is 947. The van der Waals surface area contributed by atoms with Gasteiger partial charge in [-0.2, -0.15) is 4.31 Å². The lowest BCUT2D eigenvalue weighted by atomic mass is 9.97. The van der Waals surface area contributed by atoms with Crippen LogP contribution in [-0.2, 0) is 21.9 Å². The average Bonchev–Trinajstić information content (AvgIpc) is 2.97. The van der Waals surface area contributed by atoms with E-state index in [9.17, 15) is 22.0 Å². The Kier molecular flexibility index (Phi) is 5.29. The molecule has 0 unspecified atom stereocenters. The highest BCUT2D eigenvalue weighted by atomic mass is 32.2. The van der Waals surface area contributed by atoms with E-state index in [1.54, 1.807) is 18.5 Å². The molecule has 1 aromatic carbocycles. The van der Waals surface area contributed by atoms with Crippen molar-refractivity contribution in [2.45, 2.75) is 24.8 Å². The third-order valence-corrected chi connectivity index (χ3v) is 6.47. The second-order valence-corrected chi connectivity index (χ2v) is 8.41. The minimum absolute atomic E-state index is 0.0150. The van der Waals surface area contributed by atoms with Crippen molar-refractivity contribution < 1.29 is 22.0 Å². The van der Waals surface area contributed by atoms with Crippen LogP contribution in [0.25, 0.3) is 0 Å². The number of aromatic nitrogens is 2. The number of amides is 1. The largest absolute Gasteiger partial charge is 0.337 e. The number of hydrogen-bond acceptors (Lipinski definition) is 4. The number of piperidine rings is 1. The number of nitrogens with one attached hydrogen (secondary N) is 1. The van der Waals surface area contributed by atoms with Crippen LogP contribution in [0.5, 0.6) is 0 Å². The molecule has 0 radical (unpaired) electrons. The van der Waals surface area contributed by atoms with E-state index in [4.69, 9.17) is 0 Å². The number of carbonyl (C=O) groups excluding carboxylic acids is 1. The molecule has 0 spiro atoms. The Morgan fingerprint density at radius 2 is 1.93 bits per heavy atom. The first-order chi connectivity index (χ1) is 12.7. The van der Waals surface area contributed by atoms with Crippen LogP contribution < -0.4 is 5.32 Å². The molecule has 0 atom stereocenters. The summed E-state index contributed by atoms with van der Waals surface area (Å²) in [5.74, 6) is -1.86. The highest BCUT2D eigenvalue weighted by Crippen LogP contribution is 2.25. The average molecular weight is 398 g/mol. The molecule has 10 heteroatoms. The van der Waals surface area contributed by atoms with E-state index < -0.39 is 33.5 Å². The minimum atomic E-state index is -3.72. The number of rotatable bonds is 4. The van der Waals surface area contributed by atoms with Gasteiger partial charge in [0.25, 0.3) is 10.0 Å². The monoisotopic (exact) mass is 398 g/mol. The Labute approximate surface area is 156 Å². The number of halogens is 2. The summed E-state index contributed by atoms with van der Waals surface area (Å²) in [6.45, 7) is 2.05. The molecule has 2 aromatic rings. The van der Waals surface area contributed by atoms with E-state index in [-0.39, 0.29) is 23.8 Å². The standard InChI is InChI=1S/C17H20F2N4O3S/c1-11-20-16(10-22(11)2)27(25,26)23-7-5-12(6-8-23)17(24)21-15-4-3-13(18)9-14(15)19/h3-4,9-10,12H,5-8H2,1-2H3,(H,21,24). The number of sulfonamides is 1. The lowest BCUT2D eigenvalue weighted by molar-refractivity contribution is -0.120. The number of benzene rings is 1. The molecule has 7 nitrogen and oxygen atoms in total. The van der Waals surface area contributed by atoms with Crippen molar-refractivity contribution >= 4 is 21.6 Å². The van der Waals surface area contributed by atoms with Crippen LogP contribution in [0.1, 0.15) is 18.7 Å². The quantitative estimate of drug-likeness (QED) is 0.854. The number of aryl methyl sites for hydroxylation is 2. The second kappa shape index (κ2) is 7.35. The van der Waals surface area contributed by atoms with Gasteiger partial charge >= 0.3 is 0 Å². The van der Waals surface area contributed by atoms with Gasteiger partial charge in [0, 0.05) is 38.3 Å². The Hall–Kier alpha value is -2.33. The molecule has 1 fully saturated rings. The third-order valence-electron chi connectivity index (χ3n) is 4.70. The molecule has 0 aliphatic carbocycles. The lowest BCUT2D eigenvalue weighted by Crippen LogP contribution is -2.41. The smallest absolute Gasteiger partial charge is 0.262 e. The van der Waals surface area contributed by atoms with Gasteiger partial charge in [0.05, 0.1) is 5.69 Å². The predicted molar refractivity (Wildman–Crippen MR) is 94.4 cm³/mol. The number of nitrogens with zero attached hydrogens (tertiary/aromatic N) is 3. The first-order valence-corrected chi connectivity index (χ1v) is 9.88. The molecule has 1 N–H and O–H groups in total. The Morgan fingerprint density at radius 1 is 1.26 bits per heavy atom. The molecule has 1 aliphatic rings. The zero-order chi connectivity index (χ0) is 19.8. The van der Waals surface area contributed by atoms with Gasteiger partial charge in [0.2, 0.25) is 5.91 Å². The van der Waals surface area contributed by atoms with Crippen LogP contribution in [0.3, 0.4) is 0 Å². The summed E-state index contributed by atoms with van der Waals surface area (Å²) in [6, 6.07) is 2.91. The topological polar surface area (TPSA) is 84.3 Å². The normalized spacial score (nSPS) is 16.4. The summed E-state index contributed by atoms with van der Waals surface area (Å²) in [5, 5.41) is 2.42. The fraction of sp³-hybridized carbons (Fsp3) is 0.412. The van der Waals surface area contributed by atoms with Crippen molar-refractivity contribution in [1.29, 1.82) is 0 Å². The molecule has 27 heavy (non-hydrogen) atoms. The van der Waals surface area contributed by atoms with Gasteiger partial charge in [0.1, 0.15) is 17.5 Å². The maximum atomic E-state index is 13.7. The van der Waals surface area contributed by atoms with Crippen LogP contribution in [-0.4, -0.2) is 41.3 Å². The van der Waals surface area contributed by atoms with E-state index in [0.717, 1.165) is 12.1 Å². The van der Waals surface area contributed by atoms with Crippen LogP contribution in [0.2, 0.25) is 0 Å². The van der Waals surface area contributed by atoms with E-state index in [1.807, 2.05) is 0 Å². The van der Waals surface area contributed by atoms with Crippen molar-refractivity contribution in [2.75, 3.05) is 18.4 Å².